The maximum atomic E-state index is 13.6. The highest BCUT2D eigenvalue weighted by atomic mass is 19.1. The van der Waals surface area contributed by atoms with Crippen LogP contribution in [-0.2, 0) is 0 Å². The molecule has 0 saturated carbocycles. The number of hydrogen-bond donors (Lipinski definition) is 1. The van der Waals surface area contributed by atoms with Gasteiger partial charge in [0.2, 0.25) is 0 Å². The van der Waals surface area contributed by atoms with Crippen molar-refractivity contribution in [3.63, 3.8) is 0 Å². The molecular weight excluding hydrogens is 221 g/mol. The van der Waals surface area contributed by atoms with E-state index in [1.54, 1.807) is 12.1 Å². The van der Waals surface area contributed by atoms with Crippen molar-refractivity contribution in [2.24, 2.45) is 5.92 Å². The van der Waals surface area contributed by atoms with E-state index in [0.29, 0.717) is 18.3 Å². The van der Waals surface area contributed by atoms with E-state index in [2.05, 4.69) is 5.32 Å². The van der Waals surface area contributed by atoms with Gasteiger partial charge in [-0.3, -0.25) is 0 Å². The lowest BCUT2D eigenvalue weighted by atomic mass is 10.0. The highest BCUT2D eigenvalue weighted by molar-refractivity contribution is 5.40. The summed E-state index contributed by atoms with van der Waals surface area (Å²) < 4.78 is 24.2. The number of ether oxygens (including phenoxy) is 2. The molecule has 0 aliphatic carbocycles. The SMILES string of the molecule is COc1cccc(F)c1OCC1CCCNC1. The number of hydrogen-bond acceptors (Lipinski definition) is 3. The zero-order chi connectivity index (χ0) is 12.1. The Hall–Kier alpha value is -1.29. The van der Waals surface area contributed by atoms with Crippen molar-refractivity contribution < 1.29 is 13.9 Å². The number of methoxy groups -OCH3 is 1. The minimum atomic E-state index is -0.367. The minimum absolute atomic E-state index is 0.223. The Morgan fingerprint density at radius 3 is 3.06 bits per heavy atom. The molecule has 0 amide bonds. The van der Waals surface area contributed by atoms with E-state index in [0.717, 1.165) is 25.9 Å². The Bertz CT molecular complexity index is 364. The van der Waals surface area contributed by atoms with Gasteiger partial charge in [0.15, 0.2) is 17.3 Å². The molecule has 4 heteroatoms. The molecule has 1 atom stereocenters. The molecule has 1 N–H and O–H groups in total. The third-order valence-electron chi connectivity index (χ3n) is 3.01. The average Bonchev–Trinajstić information content (AvgIpc) is 2.38. The summed E-state index contributed by atoms with van der Waals surface area (Å²) in [5, 5.41) is 3.31. The predicted molar refractivity (Wildman–Crippen MR) is 64.0 cm³/mol. The van der Waals surface area contributed by atoms with Gasteiger partial charge in [0.25, 0.3) is 0 Å². The molecule has 1 fully saturated rings. The van der Waals surface area contributed by atoms with Gasteiger partial charge in [-0.1, -0.05) is 6.07 Å². The van der Waals surface area contributed by atoms with Gasteiger partial charge in [-0.05, 0) is 31.5 Å². The molecule has 1 aliphatic heterocycles. The fraction of sp³-hybridized carbons (Fsp3) is 0.538. The molecule has 1 aliphatic rings. The second kappa shape index (κ2) is 5.87. The first kappa shape index (κ1) is 12.2. The topological polar surface area (TPSA) is 30.5 Å². The van der Waals surface area contributed by atoms with Gasteiger partial charge in [-0.15, -0.1) is 0 Å². The quantitative estimate of drug-likeness (QED) is 0.874. The minimum Gasteiger partial charge on any atom is -0.493 e. The molecule has 0 spiro atoms. The monoisotopic (exact) mass is 239 g/mol. The summed E-state index contributed by atoms with van der Waals surface area (Å²) in [6, 6.07) is 4.71. The molecule has 1 heterocycles. The Labute approximate surface area is 101 Å². The number of halogens is 1. The van der Waals surface area contributed by atoms with Crippen LogP contribution < -0.4 is 14.8 Å². The number of piperidine rings is 1. The number of benzene rings is 1. The molecular formula is C13H18FNO2. The van der Waals surface area contributed by atoms with Gasteiger partial charge in [0.05, 0.1) is 13.7 Å². The van der Waals surface area contributed by atoms with E-state index in [1.807, 2.05) is 0 Å². The molecule has 0 bridgehead atoms. The van der Waals surface area contributed by atoms with Crippen molar-refractivity contribution in [2.75, 3.05) is 26.8 Å². The standard InChI is InChI=1S/C13H18FNO2/c1-16-12-6-2-5-11(14)13(12)17-9-10-4-3-7-15-8-10/h2,5-6,10,15H,3-4,7-9H2,1H3. The fourth-order valence-electron chi connectivity index (χ4n) is 2.06. The van der Waals surface area contributed by atoms with Crippen molar-refractivity contribution in [3.8, 4) is 11.5 Å². The van der Waals surface area contributed by atoms with Gasteiger partial charge >= 0.3 is 0 Å². The highest BCUT2D eigenvalue weighted by Gasteiger charge is 2.16. The first-order valence-corrected chi connectivity index (χ1v) is 5.97. The number of rotatable bonds is 4. The van der Waals surface area contributed by atoms with Crippen molar-refractivity contribution in [1.82, 2.24) is 5.32 Å². The van der Waals surface area contributed by atoms with Crippen LogP contribution in [0, 0.1) is 11.7 Å². The Morgan fingerprint density at radius 1 is 1.47 bits per heavy atom. The first-order chi connectivity index (χ1) is 8.31. The summed E-state index contributed by atoms with van der Waals surface area (Å²) in [5.41, 5.74) is 0. The van der Waals surface area contributed by atoms with E-state index in [-0.39, 0.29) is 11.6 Å². The molecule has 0 radical (unpaired) electrons. The third kappa shape index (κ3) is 3.09. The van der Waals surface area contributed by atoms with Crippen molar-refractivity contribution in [3.05, 3.63) is 24.0 Å². The van der Waals surface area contributed by atoms with E-state index in [4.69, 9.17) is 9.47 Å². The van der Waals surface area contributed by atoms with Crippen LogP contribution in [0.4, 0.5) is 4.39 Å². The Morgan fingerprint density at radius 2 is 2.35 bits per heavy atom. The lowest BCUT2D eigenvalue weighted by molar-refractivity contribution is 0.204. The Kier molecular flexibility index (Phi) is 4.20. The molecule has 1 unspecified atom stereocenters. The van der Waals surface area contributed by atoms with Crippen LogP contribution in [0.1, 0.15) is 12.8 Å². The average molecular weight is 239 g/mol. The molecule has 3 nitrogen and oxygen atoms in total. The van der Waals surface area contributed by atoms with Crippen LogP contribution >= 0.6 is 0 Å². The van der Waals surface area contributed by atoms with Crippen LogP contribution in [0.25, 0.3) is 0 Å². The van der Waals surface area contributed by atoms with E-state index in [9.17, 15) is 4.39 Å². The number of para-hydroxylation sites is 1. The van der Waals surface area contributed by atoms with Gasteiger partial charge in [0.1, 0.15) is 0 Å². The van der Waals surface area contributed by atoms with Gasteiger partial charge < -0.3 is 14.8 Å². The molecule has 17 heavy (non-hydrogen) atoms. The van der Waals surface area contributed by atoms with Crippen LogP contribution in [0.3, 0.4) is 0 Å². The van der Waals surface area contributed by atoms with Gasteiger partial charge in [-0.2, -0.15) is 0 Å². The maximum absolute atomic E-state index is 13.6. The zero-order valence-corrected chi connectivity index (χ0v) is 10.0. The highest BCUT2D eigenvalue weighted by Crippen LogP contribution is 2.30. The van der Waals surface area contributed by atoms with Crippen LogP contribution in [0.2, 0.25) is 0 Å². The molecule has 94 valence electrons. The predicted octanol–water partition coefficient (Wildman–Crippen LogP) is 2.21. The maximum Gasteiger partial charge on any atom is 0.197 e. The molecule has 1 aromatic rings. The number of nitrogens with one attached hydrogen (secondary N) is 1. The van der Waals surface area contributed by atoms with Crippen molar-refractivity contribution in [1.29, 1.82) is 0 Å². The normalized spacial score (nSPS) is 20.0. The molecule has 0 aromatic heterocycles. The Balaban J connectivity index is 1.97. The molecule has 1 aromatic carbocycles. The summed E-state index contributed by atoms with van der Waals surface area (Å²) in [5.74, 6) is 0.760. The summed E-state index contributed by atoms with van der Waals surface area (Å²) in [6.45, 7) is 2.54. The van der Waals surface area contributed by atoms with Gasteiger partial charge in [0, 0.05) is 12.5 Å². The second-order valence-corrected chi connectivity index (χ2v) is 4.29. The second-order valence-electron chi connectivity index (χ2n) is 4.29. The van der Waals surface area contributed by atoms with E-state index >= 15 is 0 Å². The van der Waals surface area contributed by atoms with E-state index < -0.39 is 0 Å². The van der Waals surface area contributed by atoms with Crippen LogP contribution in [-0.4, -0.2) is 26.8 Å². The lowest BCUT2D eigenvalue weighted by Gasteiger charge is -2.23. The zero-order valence-electron chi connectivity index (χ0n) is 10.0. The molecule has 2 rings (SSSR count). The smallest absolute Gasteiger partial charge is 0.197 e. The largest absolute Gasteiger partial charge is 0.493 e. The summed E-state index contributed by atoms with van der Waals surface area (Å²) in [4.78, 5) is 0. The summed E-state index contributed by atoms with van der Waals surface area (Å²) in [7, 11) is 1.52. The van der Waals surface area contributed by atoms with Crippen LogP contribution in [0.5, 0.6) is 11.5 Å². The van der Waals surface area contributed by atoms with Gasteiger partial charge in [-0.25, -0.2) is 4.39 Å². The van der Waals surface area contributed by atoms with Crippen molar-refractivity contribution in [2.45, 2.75) is 12.8 Å². The summed E-state index contributed by atoms with van der Waals surface area (Å²) >= 11 is 0. The first-order valence-electron chi connectivity index (χ1n) is 5.97. The summed E-state index contributed by atoms with van der Waals surface area (Å²) in [6.07, 6.45) is 2.28. The van der Waals surface area contributed by atoms with Crippen molar-refractivity contribution >= 4 is 0 Å². The lowest BCUT2D eigenvalue weighted by Crippen LogP contribution is -2.33. The molecule has 1 saturated heterocycles. The van der Waals surface area contributed by atoms with E-state index in [1.165, 1.54) is 13.2 Å². The van der Waals surface area contributed by atoms with Crippen LogP contribution in [0.15, 0.2) is 18.2 Å². The fourth-order valence-corrected chi connectivity index (χ4v) is 2.06. The third-order valence-corrected chi connectivity index (χ3v) is 3.01.